The molecule has 2 aliphatic heterocycles. The number of fused-ring (bicyclic) bond motifs is 1. The van der Waals surface area contributed by atoms with Crippen molar-refractivity contribution in [1.82, 2.24) is 15.1 Å². The van der Waals surface area contributed by atoms with Gasteiger partial charge < -0.3 is 15.1 Å². The van der Waals surface area contributed by atoms with Crippen molar-refractivity contribution in [3.63, 3.8) is 0 Å². The van der Waals surface area contributed by atoms with Crippen LogP contribution in [0.25, 0.3) is 16.8 Å². The van der Waals surface area contributed by atoms with E-state index in [0.29, 0.717) is 0 Å². The minimum absolute atomic E-state index is 0.00881. The van der Waals surface area contributed by atoms with E-state index in [0.717, 1.165) is 56.6 Å². The maximum absolute atomic E-state index is 13.1. The summed E-state index contributed by atoms with van der Waals surface area (Å²) < 4.78 is 0. The second-order valence-corrected chi connectivity index (χ2v) is 10.4. The Morgan fingerprint density at radius 2 is 1.74 bits per heavy atom. The van der Waals surface area contributed by atoms with Crippen LogP contribution in [0.15, 0.2) is 65.4 Å². The molecule has 34 heavy (non-hydrogen) atoms. The molecule has 3 amide bonds. The Balaban J connectivity index is 1.16. The van der Waals surface area contributed by atoms with Gasteiger partial charge in [-0.05, 0) is 76.4 Å². The Labute approximate surface area is 205 Å². The van der Waals surface area contributed by atoms with Gasteiger partial charge in [0.2, 0.25) is 5.91 Å². The highest BCUT2D eigenvalue weighted by molar-refractivity contribution is 7.08. The molecule has 3 heterocycles. The third-order valence-corrected chi connectivity index (χ3v) is 8.15. The van der Waals surface area contributed by atoms with Crippen molar-refractivity contribution in [3.8, 4) is 0 Å². The predicted octanol–water partition coefficient (Wildman–Crippen LogP) is 5.70. The summed E-state index contributed by atoms with van der Waals surface area (Å²) in [5, 5.41) is 9.64. The Kier molecular flexibility index (Phi) is 6.42. The van der Waals surface area contributed by atoms with Crippen molar-refractivity contribution in [1.29, 1.82) is 0 Å². The SMILES string of the molecule is CC(NC(=O)N1CCC2(CCN(C(=O)/C=C/c3ccsc3)CC2)C1)c1cccc2ccccc12. The molecule has 2 fully saturated rings. The predicted molar refractivity (Wildman–Crippen MR) is 139 cm³/mol. The van der Waals surface area contributed by atoms with Gasteiger partial charge in [-0.2, -0.15) is 11.3 Å². The molecule has 2 aromatic carbocycles. The van der Waals surface area contributed by atoms with Gasteiger partial charge in [-0.25, -0.2) is 4.79 Å². The normalized spacial score (nSPS) is 18.6. The highest BCUT2D eigenvalue weighted by Crippen LogP contribution is 2.40. The molecule has 2 aliphatic rings. The molecule has 1 spiro atoms. The van der Waals surface area contributed by atoms with E-state index in [-0.39, 0.29) is 23.4 Å². The highest BCUT2D eigenvalue weighted by atomic mass is 32.1. The lowest BCUT2D eigenvalue weighted by Gasteiger charge is -2.39. The quantitative estimate of drug-likeness (QED) is 0.494. The maximum Gasteiger partial charge on any atom is 0.317 e. The Morgan fingerprint density at radius 1 is 1.00 bits per heavy atom. The Morgan fingerprint density at radius 3 is 2.50 bits per heavy atom. The van der Waals surface area contributed by atoms with E-state index in [9.17, 15) is 9.59 Å². The molecule has 3 aromatic rings. The van der Waals surface area contributed by atoms with Crippen molar-refractivity contribution in [2.75, 3.05) is 26.2 Å². The van der Waals surface area contributed by atoms with E-state index in [1.807, 2.05) is 44.8 Å². The number of piperidine rings is 1. The van der Waals surface area contributed by atoms with Crippen molar-refractivity contribution in [2.24, 2.45) is 5.41 Å². The molecule has 5 rings (SSSR count). The molecule has 1 atom stereocenters. The molecule has 176 valence electrons. The average Bonchev–Trinajstić information content (AvgIpc) is 3.53. The van der Waals surface area contributed by atoms with Crippen molar-refractivity contribution in [2.45, 2.75) is 32.2 Å². The first-order chi connectivity index (χ1) is 16.5. The van der Waals surface area contributed by atoms with Gasteiger partial charge in [0.15, 0.2) is 0 Å². The summed E-state index contributed by atoms with van der Waals surface area (Å²) in [6, 6.07) is 16.5. The fourth-order valence-corrected chi connectivity index (χ4v) is 5.97. The van der Waals surface area contributed by atoms with Gasteiger partial charge in [0.05, 0.1) is 6.04 Å². The fourth-order valence-electron chi connectivity index (χ4n) is 5.34. The first kappa shape index (κ1) is 22.7. The van der Waals surface area contributed by atoms with Gasteiger partial charge in [-0.1, -0.05) is 42.5 Å². The lowest BCUT2D eigenvalue weighted by atomic mass is 9.78. The Bertz CT molecular complexity index is 1190. The molecule has 1 aromatic heterocycles. The van der Waals surface area contributed by atoms with Crippen molar-refractivity contribution < 1.29 is 9.59 Å². The molecule has 1 unspecified atom stereocenters. The van der Waals surface area contributed by atoms with E-state index < -0.39 is 0 Å². The summed E-state index contributed by atoms with van der Waals surface area (Å²) in [5.74, 6) is 0.0811. The van der Waals surface area contributed by atoms with E-state index in [1.165, 1.54) is 10.8 Å². The lowest BCUT2D eigenvalue weighted by Crippen LogP contribution is -2.45. The number of hydrogen-bond acceptors (Lipinski definition) is 3. The molecule has 0 bridgehead atoms. The summed E-state index contributed by atoms with van der Waals surface area (Å²) >= 11 is 1.63. The summed E-state index contributed by atoms with van der Waals surface area (Å²) in [7, 11) is 0. The van der Waals surface area contributed by atoms with Crippen LogP contribution in [-0.4, -0.2) is 47.9 Å². The smallest absolute Gasteiger partial charge is 0.317 e. The average molecular weight is 474 g/mol. The molecular weight excluding hydrogens is 442 g/mol. The van der Waals surface area contributed by atoms with Crippen LogP contribution in [0.3, 0.4) is 0 Å². The molecule has 1 N–H and O–H groups in total. The van der Waals surface area contributed by atoms with Gasteiger partial charge in [0.25, 0.3) is 0 Å². The summed E-state index contributed by atoms with van der Waals surface area (Å²) in [5.41, 5.74) is 2.35. The largest absolute Gasteiger partial charge is 0.339 e. The van der Waals surface area contributed by atoms with Crippen LogP contribution >= 0.6 is 11.3 Å². The molecule has 6 heteroatoms. The van der Waals surface area contributed by atoms with E-state index in [2.05, 4.69) is 42.6 Å². The van der Waals surface area contributed by atoms with Gasteiger partial charge in [0, 0.05) is 32.3 Å². The number of amides is 3. The summed E-state index contributed by atoms with van der Waals surface area (Å²) in [4.78, 5) is 29.6. The minimum atomic E-state index is -0.0652. The highest BCUT2D eigenvalue weighted by Gasteiger charge is 2.42. The maximum atomic E-state index is 13.1. The van der Waals surface area contributed by atoms with Crippen LogP contribution in [0.4, 0.5) is 4.79 Å². The van der Waals surface area contributed by atoms with E-state index in [4.69, 9.17) is 0 Å². The first-order valence-electron chi connectivity index (χ1n) is 12.1. The number of thiophene rings is 1. The van der Waals surface area contributed by atoms with Gasteiger partial charge in [-0.3, -0.25) is 4.79 Å². The summed E-state index contributed by atoms with van der Waals surface area (Å²) in [6.45, 7) is 5.12. The lowest BCUT2D eigenvalue weighted by molar-refractivity contribution is -0.128. The fraction of sp³-hybridized carbons (Fsp3) is 0.357. The number of nitrogens with one attached hydrogen (secondary N) is 1. The zero-order valence-corrected chi connectivity index (χ0v) is 20.4. The molecule has 0 saturated carbocycles. The van der Waals surface area contributed by atoms with Crippen LogP contribution in [-0.2, 0) is 4.79 Å². The number of rotatable bonds is 4. The van der Waals surface area contributed by atoms with Crippen molar-refractivity contribution >= 4 is 40.1 Å². The second-order valence-electron chi connectivity index (χ2n) is 9.63. The van der Waals surface area contributed by atoms with E-state index >= 15 is 0 Å². The number of carbonyl (C=O) groups excluding carboxylic acids is 2. The van der Waals surface area contributed by atoms with Gasteiger partial charge >= 0.3 is 6.03 Å². The molecule has 0 radical (unpaired) electrons. The number of nitrogens with zero attached hydrogens (tertiary/aromatic N) is 2. The second kappa shape index (κ2) is 9.63. The van der Waals surface area contributed by atoms with Gasteiger partial charge in [-0.15, -0.1) is 0 Å². The number of urea groups is 1. The van der Waals surface area contributed by atoms with Crippen LogP contribution in [0.5, 0.6) is 0 Å². The zero-order chi connectivity index (χ0) is 23.5. The zero-order valence-electron chi connectivity index (χ0n) is 19.6. The Hall–Kier alpha value is -3.12. The van der Waals surface area contributed by atoms with Crippen LogP contribution in [0.1, 0.15) is 43.4 Å². The van der Waals surface area contributed by atoms with Crippen molar-refractivity contribution in [3.05, 3.63) is 76.5 Å². The molecule has 5 nitrogen and oxygen atoms in total. The third-order valence-electron chi connectivity index (χ3n) is 7.45. The van der Waals surface area contributed by atoms with Crippen LogP contribution in [0.2, 0.25) is 0 Å². The summed E-state index contributed by atoms with van der Waals surface area (Å²) in [6.07, 6.45) is 6.49. The molecular formula is C28H31N3O2S. The molecule has 2 saturated heterocycles. The van der Waals surface area contributed by atoms with Crippen LogP contribution < -0.4 is 5.32 Å². The number of carbonyl (C=O) groups is 2. The standard InChI is InChI=1S/C28H31N3O2S/c1-21(24-8-4-6-23-5-2-3-7-25(23)24)29-27(33)31-17-14-28(20-31)12-15-30(16-13-28)26(32)10-9-22-11-18-34-19-22/h2-11,18-19,21H,12-17,20H2,1H3,(H,29,33)/b10-9+. The topological polar surface area (TPSA) is 52.7 Å². The number of likely N-dealkylation sites (tertiary alicyclic amines) is 2. The molecule has 0 aliphatic carbocycles. The number of hydrogen-bond donors (Lipinski definition) is 1. The van der Waals surface area contributed by atoms with Crippen LogP contribution in [0, 0.1) is 5.41 Å². The number of benzene rings is 2. The monoisotopic (exact) mass is 473 g/mol. The first-order valence-corrected chi connectivity index (χ1v) is 13.0. The minimum Gasteiger partial charge on any atom is -0.339 e. The third kappa shape index (κ3) is 4.73. The van der Waals surface area contributed by atoms with Gasteiger partial charge in [0.1, 0.15) is 0 Å². The van der Waals surface area contributed by atoms with E-state index in [1.54, 1.807) is 17.4 Å².